The summed E-state index contributed by atoms with van der Waals surface area (Å²) in [4.78, 5) is 9.05. The van der Waals surface area contributed by atoms with E-state index in [1.54, 1.807) is 16.8 Å². The number of aliphatic imine (C=N–C) groups is 1. The number of aromatic nitrogens is 3. The highest BCUT2D eigenvalue weighted by Gasteiger charge is 2.26. The van der Waals surface area contributed by atoms with Gasteiger partial charge in [-0.15, -0.1) is 0 Å². The Hall–Kier alpha value is -3.16. The van der Waals surface area contributed by atoms with E-state index >= 15 is 0 Å². The third-order valence-electron chi connectivity index (χ3n) is 5.38. The number of nitrogens with zero attached hydrogens (tertiary/aromatic N) is 5. The van der Waals surface area contributed by atoms with Gasteiger partial charge in [-0.1, -0.05) is 13.3 Å². The average Bonchev–Trinajstić information content (AvgIpc) is 3.33. The van der Waals surface area contributed by atoms with Crippen molar-refractivity contribution < 1.29 is 9.84 Å². The van der Waals surface area contributed by atoms with E-state index in [-0.39, 0.29) is 29.9 Å². The summed E-state index contributed by atoms with van der Waals surface area (Å²) in [6.07, 6.45) is 5.73. The highest BCUT2D eigenvalue weighted by atomic mass is 16.5. The lowest BCUT2D eigenvalue weighted by molar-refractivity contribution is 0.161. The Morgan fingerprint density at radius 3 is 3.00 bits per heavy atom. The number of anilines is 2. The Balaban J connectivity index is 1.69. The van der Waals surface area contributed by atoms with E-state index in [9.17, 15) is 10.4 Å². The molecule has 0 spiro atoms. The number of nitrogens with one attached hydrogen (secondary N) is 1. The number of rotatable bonds is 9. The standard InChI is InChI=1S/C21H30N8O2/c1-3-4-16-13(2)28-29-19(24)17(9-22)20(27-21(16)29)26-8-6-15(23)5-7-25-18-12-31-11-14(18)10-30/h5,7,14,18,30H,3-4,6,8,10-12,23-24H2,1-2H3,(H,26,27). The second kappa shape index (κ2) is 10.2. The van der Waals surface area contributed by atoms with Crippen LogP contribution in [-0.4, -0.2) is 58.3 Å². The third-order valence-corrected chi connectivity index (χ3v) is 5.38. The summed E-state index contributed by atoms with van der Waals surface area (Å²) in [7, 11) is 0. The first-order valence-electron chi connectivity index (χ1n) is 10.5. The van der Waals surface area contributed by atoms with Gasteiger partial charge in [-0.05, 0) is 19.4 Å². The van der Waals surface area contributed by atoms with Crippen LogP contribution in [0.2, 0.25) is 0 Å². The first kappa shape index (κ1) is 22.5. The number of aryl methyl sites for hydroxylation is 2. The summed E-state index contributed by atoms with van der Waals surface area (Å²) < 4.78 is 6.88. The van der Waals surface area contributed by atoms with Crippen molar-refractivity contribution in [3.63, 3.8) is 0 Å². The number of nitrogen functional groups attached to an aromatic ring is 1. The molecule has 1 aliphatic rings. The number of nitrogens with two attached hydrogens (primary N) is 2. The van der Waals surface area contributed by atoms with E-state index in [0.717, 1.165) is 24.1 Å². The van der Waals surface area contributed by atoms with Crippen LogP contribution in [0.1, 0.15) is 36.6 Å². The van der Waals surface area contributed by atoms with Crippen molar-refractivity contribution in [2.75, 3.05) is 37.4 Å². The monoisotopic (exact) mass is 426 g/mol. The lowest BCUT2D eigenvalue weighted by atomic mass is 10.1. The van der Waals surface area contributed by atoms with Crippen LogP contribution in [0.25, 0.3) is 5.65 Å². The van der Waals surface area contributed by atoms with E-state index < -0.39 is 0 Å². The quantitative estimate of drug-likeness (QED) is 0.435. The molecular formula is C21H30N8O2. The fraction of sp³-hybridized carbons (Fsp3) is 0.524. The predicted molar refractivity (Wildman–Crippen MR) is 120 cm³/mol. The smallest absolute Gasteiger partial charge is 0.163 e. The number of aliphatic hydroxyl groups excluding tert-OH is 1. The van der Waals surface area contributed by atoms with Gasteiger partial charge >= 0.3 is 0 Å². The molecule has 0 bridgehead atoms. The van der Waals surface area contributed by atoms with E-state index in [1.807, 2.05) is 6.92 Å². The Bertz CT molecular complexity index is 1020. The minimum absolute atomic E-state index is 0.0353. The third kappa shape index (κ3) is 4.95. The van der Waals surface area contributed by atoms with Gasteiger partial charge in [0.05, 0.1) is 31.6 Å². The van der Waals surface area contributed by atoms with Gasteiger partial charge in [0.25, 0.3) is 0 Å². The van der Waals surface area contributed by atoms with E-state index in [0.29, 0.717) is 43.3 Å². The molecule has 0 saturated carbocycles. The summed E-state index contributed by atoms with van der Waals surface area (Å²) in [6, 6.07) is 2.08. The van der Waals surface area contributed by atoms with Crippen LogP contribution in [0.3, 0.4) is 0 Å². The first-order valence-corrected chi connectivity index (χ1v) is 10.5. The normalized spacial score (nSPS) is 19.4. The maximum absolute atomic E-state index is 9.58. The molecule has 10 nitrogen and oxygen atoms in total. The van der Waals surface area contributed by atoms with Crippen molar-refractivity contribution in [2.24, 2.45) is 16.6 Å². The van der Waals surface area contributed by atoms with Crippen molar-refractivity contribution in [1.82, 2.24) is 14.6 Å². The van der Waals surface area contributed by atoms with Crippen molar-refractivity contribution in [3.8, 4) is 6.07 Å². The fourth-order valence-electron chi connectivity index (χ4n) is 3.58. The summed E-state index contributed by atoms with van der Waals surface area (Å²) in [6.45, 7) is 5.60. The Labute approximate surface area is 181 Å². The van der Waals surface area contributed by atoms with Crippen LogP contribution >= 0.6 is 0 Å². The molecular weight excluding hydrogens is 396 g/mol. The lowest BCUT2D eigenvalue weighted by Gasteiger charge is -2.11. The van der Waals surface area contributed by atoms with Gasteiger partial charge in [-0.2, -0.15) is 14.9 Å². The molecule has 0 radical (unpaired) electrons. The molecule has 1 saturated heterocycles. The van der Waals surface area contributed by atoms with Gasteiger partial charge < -0.3 is 26.6 Å². The molecule has 0 aliphatic carbocycles. The topological polar surface area (TPSA) is 160 Å². The minimum Gasteiger partial charge on any atom is -0.402 e. The largest absolute Gasteiger partial charge is 0.402 e. The van der Waals surface area contributed by atoms with Gasteiger partial charge in [-0.25, -0.2) is 4.98 Å². The molecule has 1 fully saturated rings. The molecule has 6 N–H and O–H groups in total. The number of hydrogen-bond acceptors (Lipinski definition) is 9. The first-order chi connectivity index (χ1) is 15.0. The van der Waals surface area contributed by atoms with Crippen LogP contribution in [0.15, 0.2) is 16.8 Å². The van der Waals surface area contributed by atoms with Crippen molar-refractivity contribution in [2.45, 2.75) is 39.2 Å². The second-order valence-corrected chi connectivity index (χ2v) is 7.65. The molecule has 0 amide bonds. The molecule has 0 aromatic carbocycles. The summed E-state index contributed by atoms with van der Waals surface area (Å²) in [5.74, 6) is 0.738. The average molecular weight is 427 g/mol. The zero-order chi connectivity index (χ0) is 22.4. The number of allylic oxidation sites excluding steroid dienone is 1. The highest BCUT2D eigenvalue weighted by Crippen LogP contribution is 2.25. The molecule has 2 atom stereocenters. The van der Waals surface area contributed by atoms with Crippen LogP contribution in [0.4, 0.5) is 11.6 Å². The van der Waals surface area contributed by atoms with E-state index in [2.05, 4.69) is 33.4 Å². The molecule has 166 valence electrons. The molecule has 3 rings (SSSR count). The molecule has 31 heavy (non-hydrogen) atoms. The Morgan fingerprint density at radius 2 is 2.29 bits per heavy atom. The Morgan fingerprint density at radius 1 is 1.48 bits per heavy atom. The van der Waals surface area contributed by atoms with Gasteiger partial charge in [0.2, 0.25) is 0 Å². The molecule has 10 heteroatoms. The van der Waals surface area contributed by atoms with Gasteiger partial charge in [0, 0.05) is 36.4 Å². The lowest BCUT2D eigenvalue weighted by Crippen LogP contribution is -2.19. The fourth-order valence-corrected chi connectivity index (χ4v) is 3.58. The van der Waals surface area contributed by atoms with Gasteiger partial charge in [0.15, 0.2) is 5.65 Å². The molecule has 2 aromatic rings. The second-order valence-electron chi connectivity index (χ2n) is 7.65. The number of fused-ring (bicyclic) bond motifs is 1. The number of hydrogen-bond donors (Lipinski definition) is 4. The maximum atomic E-state index is 9.58. The predicted octanol–water partition coefficient (Wildman–Crippen LogP) is 1.17. The zero-order valence-electron chi connectivity index (χ0n) is 18.0. The van der Waals surface area contributed by atoms with Gasteiger partial charge in [-0.3, -0.25) is 4.99 Å². The van der Waals surface area contributed by atoms with Crippen LogP contribution in [-0.2, 0) is 11.2 Å². The summed E-state index contributed by atoms with van der Waals surface area (Å²) in [5.41, 5.74) is 15.7. The molecule has 2 unspecified atom stereocenters. The minimum atomic E-state index is -0.0410. The number of aliphatic hydroxyl groups is 1. The van der Waals surface area contributed by atoms with Crippen LogP contribution in [0.5, 0.6) is 0 Å². The van der Waals surface area contributed by atoms with Crippen molar-refractivity contribution in [3.05, 3.63) is 28.6 Å². The highest BCUT2D eigenvalue weighted by molar-refractivity contribution is 5.72. The number of nitriles is 1. The molecule has 2 aromatic heterocycles. The number of ether oxygens (including phenoxy) is 1. The van der Waals surface area contributed by atoms with Crippen molar-refractivity contribution >= 4 is 23.5 Å². The maximum Gasteiger partial charge on any atom is 0.163 e. The summed E-state index contributed by atoms with van der Waals surface area (Å²) in [5, 5.41) is 26.5. The van der Waals surface area contributed by atoms with Crippen LogP contribution < -0.4 is 16.8 Å². The molecule has 3 heterocycles. The molecule has 1 aliphatic heterocycles. The van der Waals surface area contributed by atoms with E-state index in [4.69, 9.17) is 16.2 Å². The summed E-state index contributed by atoms with van der Waals surface area (Å²) >= 11 is 0. The van der Waals surface area contributed by atoms with Gasteiger partial charge in [0.1, 0.15) is 23.3 Å². The SMILES string of the molecule is CCCc1c(C)nn2c(N)c(C#N)c(NCCC(N)=CC=NC3COCC3CO)nc12. The van der Waals surface area contributed by atoms with Crippen LogP contribution in [0, 0.1) is 24.2 Å². The Kier molecular flexibility index (Phi) is 7.44. The van der Waals surface area contributed by atoms with Crippen molar-refractivity contribution in [1.29, 1.82) is 5.26 Å². The zero-order valence-corrected chi connectivity index (χ0v) is 18.0. The van der Waals surface area contributed by atoms with E-state index in [1.165, 1.54) is 0 Å².